The molecule has 1 aliphatic heterocycles. The zero-order valence-corrected chi connectivity index (χ0v) is 10.2. The van der Waals surface area contributed by atoms with Gasteiger partial charge in [-0.2, -0.15) is 0 Å². The maximum Gasteiger partial charge on any atom is 0.246 e. The summed E-state index contributed by atoms with van der Waals surface area (Å²) in [6.45, 7) is 7.34. The van der Waals surface area contributed by atoms with Crippen molar-refractivity contribution in [3.63, 3.8) is 0 Å². The predicted octanol–water partition coefficient (Wildman–Crippen LogP) is 0.148. The van der Waals surface area contributed by atoms with Crippen molar-refractivity contribution in [2.75, 3.05) is 19.7 Å². The van der Waals surface area contributed by atoms with Gasteiger partial charge in [0.15, 0.2) is 0 Å². The molecule has 0 aliphatic carbocycles. The molecule has 1 saturated heterocycles. The molecule has 92 valence electrons. The fraction of sp³-hybridized carbons (Fsp3) is 0.818. The first-order chi connectivity index (χ1) is 7.56. The Hall–Kier alpha value is -0.940. The SMILES string of the molecule is CCN1C(=O)CC(NCCOC(C)C)C1=O. The number of imide groups is 1. The summed E-state index contributed by atoms with van der Waals surface area (Å²) in [7, 11) is 0. The van der Waals surface area contributed by atoms with Crippen LogP contribution in [0, 0.1) is 0 Å². The molecule has 1 atom stereocenters. The lowest BCUT2D eigenvalue weighted by molar-refractivity contribution is -0.138. The van der Waals surface area contributed by atoms with Crippen LogP contribution in [0.2, 0.25) is 0 Å². The largest absolute Gasteiger partial charge is 0.377 e. The molecule has 1 aliphatic rings. The molecule has 0 aromatic rings. The highest BCUT2D eigenvalue weighted by Gasteiger charge is 2.36. The van der Waals surface area contributed by atoms with Crippen molar-refractivity contribution in [3.05, 3.63) is 0 Å². The summed E-state index contributed by atoms with van der Waals surface area (Å²) in [5, 5.41) is 3.04. The molecule has 1 unspecified atom stereocenters. The number of rotatable bonds is 6. The lowest BCUT2D eigenvalue weighted by atomic mass is 10.2. The maximum atomic E-state index is 11.7. The normalized spacial score (nSPS) is 21.2. The number of hydrogen-bond acceptors (Lipinski definition) is 4. The van der Waals surface area contributed by atoms with E-state index in [-0.39, 0.29) is 30.4 Å². The van der Waals surface area contributed by atoms with Gasteiger partial charge in [0.1, 0.15) is 0 Å². The second-order valence-electron chi connectivity index (χ2n) is 4.11. The molecule has 0 radical (unpaired) electrons. The van der Waals surface area contributed by atoms with Crippen LogP contribution in [0.5, 0.6) is 0 Å². The first kappa shape index (κ1) is 13.1. The van der Waals surface area contributed by atoms with Gasteiger partial charge in [-0.15, -0.1) is 0 Å². The average Bonchev–Trinajstić information content (AvgIpc) is 2.48. The van der Waals surface area contributed by atoms with Gasteiger partial charge in [-0.05, 0) is 20.8 Å². The van der Waals surface area contributed by atoms with Crippen molar-refractivity contribution in [2.24, 2.45) is 0 Å². The Balaban J connectivity index is 2.29. The second kappa shape index (κ2) is 5.96. The standard InChI is InChI=1S/C11H20N2O3/c1-4-13-10(14)7-9(11(13)15)12-5-6-16-8(2)3/h8-9,12H,4-7H2,1-3H3. The van der Waals surface area contributed by atoms with Crippen molar-refractivity contribution in [1.29, 1.82) is 0 Å². The van der Waals surface area contributed by atoms with E-state index in [1.165, 1.54) is 4.90 Å². The Labute approximate surface area is 96.1 Å². The molecule has 0 bridgehead atoms. The molecular weight excluding hydrogens is 208 g/mol. The Morgan fingerprint density at radius 1 is 1.50 bits per heavy atom. The zero-order chi connectivity index (χ0) is 12.1. The van der Waals surface area contributed by atoms with E-state index in [0.717, 1.165) is 0 Å². The van der Waals surface area contributed by atoms with E-state index in [1.54, 1.807) is 6.92 Å². The number of nitrogens with zero attached hydrogens (tertiary/aromatic N) is 1. The Bertz CT molecular complexity index is 266. The maximum absolute atomic E-state index is 11.7. The van der Waals surface area contributed by atoms with Gasteiger partial charge >= 0.3 is 0 Å². The highest BCUT2D eigenvalue weighted by atomic mass is 16.5. The lowest BCUT2D eigenvalue weighted by Crippen LogP contribution is -2.40. The van der Waals surface area contributed by atoms with E-state index in [1.807, 2.05) is 13.8 Å². The van der Waals surface area contributed by atoms with Gasteiger partial charge in [0, 0.05) is 13.1 Å². The number of hydrogen-bond donors (Lipinski definition) is 1. The van der Waals surface area contributed by atoms with Crippen molar-refractivity contribution in [2.45, 2.75) is 39.3 Å². The Morgan fingerprint density at radius 2 is 2.19 bits per heavy atom. The van der Waals surface area contributed by atoms with Gasteiger partial charge < -0.3 is 10.1 Å². The van der Waals surface area contributed by atoms with E-state index in [2.05, 4.69) is 5.32 Å². The summed E-state index contributed by atoms with van der Waals surface area (Å²) in [6.07, 6.45) is 0.462. The minimum atomic E-state index is -0.358. The summed E-state index contributed by atoms with van der Waals surface area (Å²) < 4.78 is 5.34. The van der Waals surface area contributed by atoms with Crippen LogP contribution in [-0.4, -0.2) is 48.6 Å². The summed E-state index contributed by atoms with van der Waals surface area (Å²) in [6, 6.07) is -0.358. The predicted molar refractivity (Wildman–Crippen MR) is 59.9 cm³/mol. The third-order valence-corrected chi connectivity index (χ3v) is 2.50. The molecular formula is C11H20N2O3. The fourth-order valence-electron chi connectivity index (χ4n) is 1.70. The minimum Gasteiger partial charge on any atom is -0.377 e. The molecule has 2 amide bonds. The summed E-state index contributed by atoms with van der Waals surface area (Å²) in [4.78, 5) is 24.4. The van der Waals surface area contributed by atoms with Gasteiger partial charge in [0.2, 0.25) is 11.8 Å². The van der Waals surface area contributed by atoms with Crippen molar-refractivity contribution < 1.29 is 14.3 Å². The van der Waals surface area contributed by atoms with Gasteiger partial charge in [-0.1, -0.05) is 0 Å². The quantitative estimate of drug-likeness (QED) is 0.519. The molecule has 5 heteroatoms. The third-order valence-electron chi connectivity index (χ3n) is 2.50. The number of amides is 2. The van der Waals surface area contributed by atoms with E-state index < -0.39 is 0 Å². The molecule has 16 heavy (non-hydrogen) atoms. The van der Waals surface area contributed by atoms with E-state index in [4.69, 9.17) is 4.74 Å². The van der Waals surface area contributed by atoms with Gasteiger partial charge in [-0.3, -0.25) is 14.5 Å². The highest BCUT2D eigenvalue weighted by Crippen LogP contribution is 2.11. The smallest absolute Gasteiger partial charge is 0.246 e. The van der Waals surface area contributed by atoms with Gasteiger partial charge in [0.05, 0.1) is 25.2 Å². The Kier molecular flexibility index (Phi) is 4.89. The summed E-state index contributed by atoms with van der Waals surface area (Å²) in [5.74, 6) is -0.202. The molecule has 0 spiro atoms. The molecule has 1 rings (SSSR count). The number of likely N-dealkylation sites (tertiary alicyclic amines) is 1. The minimum absolute atomic E-state index is 0.0882. The molecule has 0 saturated carbocycles. The van der Waals surface area contributed by atoms with E-state index >= 15 is 0 Å². The van der Waals surface area contributed by atoms with Gasteiger partial charge in [0.25, 0.3) is 0 Å². The number of nitrogens with one attached hydrogen (secondary N) is 1. The second-order valence-corrected chi connectivity index (χ2v) is 4.11. The molecule has 1 heterocycles. The summed E-state index contributed by atoms with van der Waals surface area (Å²) >= 11 is 0. The van der Waals surface area contributed by atoms with Crippen molar-refractivity contribution >= 4 is 11.8 Å². The first-order valence-electron chi connectivity index (χ1n) is 5.75. The fourth-order valence-corrected chi connectivity index (χ4v) is 1.70. The van der Waals surface area contributed by atoms with E-state index in [9.17, 15) is 9.59 Å². The van der Waals surface area contributed by atoms with Gasteiger partial charge in [-0.25, -0.2) is 0 Å². The number of ether oxygens (including phenoxy) is 1. The van der Waals surface area contributed by atoms with Crippen LogP contribution in [0.1, 0.15) is 27.2 Å². The molecule has 0 aromatic heterocycles. The molecule has 5 nitrogen and oxygen atoms in total. The van der Waals surface area contributed by atoms with Crippen LogP contribution in [-0.2, 0) is 14.3 Å². The Morgan fingerprint density at radius 3 is 2.69 bits per heavy atom. The van der Waals surface area contributed by atoms with Crippen LogP contribution in [0.3, 0.4) is 0 Å². The van der Waals surface area contributed by atoms with Crippen LogP contribution in [0.15, 0.2) is 0 Å². The van der Waals surface area contributed by atoms with Crippen LogP contribution < -0.4 is 5.32 Å². The number of carbonyl (C=O) groups excluding carboxylic acids is 2. The van der Waals surface area contributed by atoms with E-state index in [0.29, 0.717) is 19.7 Å². The number of likely N-dealkylation sites (N-methyl/N-ethyl adjacent to an activating group) is 1. The number of carbonyl (C=O) groups is 2. The monoisotopic (exact) mass is 228 g/mol. The zero-order valence-electron chi connectivity index (χ0n) is 10.2. The first-order valence-corrected chi connectivity index (χ1v) is 5.75. The van der Waals surface area contributed by atoms with Crippen LogP contribution in [0.25, 0.3) is 0 Å². The lowest BCUT2D eigenvalue weighted by Gasteiger charge is -2.13. The third kappa shape index (κ3) is 3.28. The summed E-state index contributed by atoms with van der Waals surface area (Å²) in [5.41, 5.74) is 0. The molecule has 1 fully saturated rings. The average molecular weight is 228 g/mol. The highest BCUT2D eigenvalue weighted by molar-refractivity contribution is 6.05. The van der Waals surface area contributed by atoms with Crippen molar-refractivity contribution in [1.82, 2.24) is 10.2 Å². The van der Waals surface area contributed by atoms with Crippen LogP contribution in [0.4, 0.5) is 0 Å². The topological polar surface area (TPSA) is 58.6 Å². The molecule has 1 N–H and O–H groups in total. The molecule has 0 aromatic carbocycles. The van der Waals surface area contributed by atoms with Crippen molar-refractivity contribution in [3.8, 4) is 0 Å². The van der Waals surface area contributed by atoms with Crippen LogP contribution >= 0.6 is 0 Å².